The predicted octanol–water partition coefficient (Wildman–Crippen LogP) is 1.42. The average Bonchev–Trinajstić information content (AvgIpc) is 3.11. The molecular formula is C18H17N3O3. The normalized spacial score (nSPS) is 15.8. The number of nitrogens with zero attached hydrogens (tertiary/aromatic N) is 2. The topological polar surface area (TPSA) is 73.5 Å². The number of hydrogen-bond donors (Lipinski definition) is 1. The third-order valence-electron chi connectivity index (χ3n) is 4.67. The molecule has 1 aromatic carbocycles. The van der Waals surface area contributed by atoms with Gasteiger partial charge in [0.25, 0.3) is 17.4 Å². The molecule has 3 heterocycles. The van der Waals surface area contributed by atoms with Crippen LogP contribution in [0, 0.1) is 0 Å². The van der Waals surface area contributed by atoms with Gasteiger partial charge < -0.3 is 9.88 Å². The van der Waals surface area contributed by atoms with Gasteiger partial charge in [0.1, 0.15) is 5.69 Å². The molecule has 0 saturated carbocycles. The Morgan fingerprint density at radius 3 is 2.38 bits per heavy atom. The number of amides is 2. The van der Waals surface area contributed by atoms with Gasteiger partial charge in [0.2, 0.25) is 0 Å². The fourth-order valence-corrected chi connectivity index (χ4v) is 3.51. The van der Waals surface area contributed by atoms with E-state index in [0.29, 0.717) is 30.6 Å². The number of aromatic nitrogens is 1. The van der Waals surface area contributed by atoms with E-state index in [4.69, 9.17) is 0 Å². The number of carbonyl (C=O) groups is 2. The largest absolute Gasteiger partial charge is 0.366 e. The second-order valence-corrected chi connectivity index (χ2v) is 6.08. The molecule has 6 nitrogen and oxygen atoms in total. The van der Waals surface area contributed by atoms with Gasteiger partial charge in [0.15, 0.2) is 0 Å². The molecule has 1 aromatic heterocycles. The SMILES string of the molecule is O=C1c2ccccc2C(=O)N1CCCN1CCc2cc[nH]c(=O)c21. The zero-order valence-electron chi connectivity index (χ0n) is 13.1. The molecule has 2 aromatic rings. The zero-order valence-corrected chi connectivity index (χ0v) is 13.1. The van der Waals surface area contributed by atoms with Crippen molar-refractivity contribution in [2.45, 2.75) is 12.8 Å². The molecule has 0 atom stereocenters. The van der Waals surface area contributed by atoms with Crippen molar-refractivity contribution >= 4 is 17.5 Å². The Morgan fingerprint density at radius 1 is 0.958 bits per heavy atom. The maximum Gasteiger partial charge on any atom is 0.271 e. The van der Waals surface area contributed by atoms with Crippen LogP contribution in [0.1, 0.15) is 32.7 Å². The molecule has 0 aliphatic carbocycles. The summed E-state index contributed by atoms with van der Waals surface area (Å²) < 4.78 is 0. The number of fused-ring (bicyclic) bond motifs is 2. The maximum absolute atomic E-state index is 12.3. The van der Waals surface area contributed by atoms with E-state index in [-0.39, 0.29) is 17.4 Å². The van der Waals surface area contributed by atoms with E-state index in [1.807, 2.05) is 11.0 Å². The summed E-state index contributed by atoms with van der Waals surface area (Å²) >= 11 is 0. The molecule has 0 unspecified atom stereocenters. The highest BCUT2D eigenvalue weighted by Crippen LogP contribution is 2.25. The van der Waals surface area contributed by atoms with Gasteiger partial charge in [-0.25, -0.2) is 0 Å². The van der Waals surface area contributed by atoms with Crippen LogP contribution in [-0.4, -0.2) is 41.3 Å². The van der Waals surface area contributed by atoms with Gasteiger partial charge in [-0.2, -0.15) is 0 Å². The Bertz CT molecular complexity index is 852. The van der Waals surface area contributed by atoms with Crippen LogP contribution in [0.15, 0.2) is 41.3 Å². The van der Waals surface area contributed by atoms with E-state index in [1.165, 1.54) is 4.90 Å². The van der Waals surface area contributed by atoms with E-state index >= 15 is 0 Å². The molecular weight excluding hydrogens is 306 g/mol. The van der Waals surface area contributed by atoms with Crippen molar-refractivity contribution in [1.29, 1.82) is 0 Å². The van der Waals surface area contributed by atoms with Gasteiger partial charge in [-0.1, -0.05) is 12.1 Å². The number of pyridine rings is 1. The average molecular weight is 323 g/mol. The lowest BCUT2D eigenvalue weighted by Crippen LogP contribution is -2.34. The minimum atomic E-state index is -0.227. The first-order valence-corrected chi connectivity index (χ1v) is 8.07. The van der Waals surface area contributed by atoms with Crippen molar-refractivity contribution in [1.82, 2.24) is 9.88 Å². The number of hydrogen-bond acceptors (Lipinski definition) is 4. The Kier molecular flexibility index (Phi) is 3.45. The third kappa shape index (κ3) is 2.22. The quantitative estimate of drug-likeness (QED) is 0.864. The number of nitrogens with one attached hydrogen (secondary N) is 1. The highest BCUT2D eigenvalue weighted by molar-refractivity contribution is 6.21. The van der Waals surface area contributed by atoms with Crippen LogP contribution >= 0.6 is 0 Å². The van der Waals surface area contributed by atoms with E-state index in [0.717, 1.165) is 24.2 Å². The number of aromatic amines is 1. The van der Waals surface area contributed by atoms with Gasteiger partial charge >= 0.3 is 0 Å². The third-order valence-corrected chi connectivity index (χ3v) is 4.67. The number of carbonyl (C=O) groups excluding carboxylic acids is 2. The molecule has 4 rings (SSSR count). The number of H-pyrrole nitrogens is 1. The monoisotopic (exact) mass is 323 g/mol. The van der Waals surface area contributed by atoms with Crippen LogP contribution in [-0.2, 0) is 6.42 Å². The molecule has 122 valence electrons. The highest BCUT2D eigenvalue weighted by Gasteiger charge is 2.34. The zero-order chi connectivity index (χ0) is 16.7. The lowest BCUT2D eigenvalue weighted by molar-refractivity contribution is 0.0653. The van der Waals surface area contributed by atoms with Crippen molar-refractivity contribution in [2.75, 3.05) is 24.5 Å². The van der Waals surface area contributed by atoms with Gasteiger partial charge in [0.05, 0.1) is 11.1 Å². The molecule has 0 spiro atoms. The highest BCUT2D eigenvalue weighted by atomic mass is 16.2. The van der Waals surface area contributed by atoms with Crippen LogP contribution < -0.4 is 10.5 Å². The molecule has 0 bridgehead atoms. The fraction of sp³-hybridized carbons (Fsp3) is 0.278. The Balaban J connectivity index is 1.43. The van der Waals surface area contributed by atoms with Gasteiger partial charge in [0, 0.05) is 25.8 Å². The lowest BCUT2D eigenvalue weighted by Gasteiger charge is -2.20. The standard InChI is InChI=1S/C18H17N3O3/c22-16-15-12(6-8-19-16)7-11-20(15)9-3-10-21-17(23)13-4-1-2-5-14(13)18(21)24/h1-2,4-6,8H,3,7,9-11H2,(H,19,22). The second-order valence-electron chi connectivity index (χ2n) is 6.08. The Labute approximate surface area is 138 Å². The van der Waals surface area contributed by atoms with Crippen LogP contribution in [0.25, 0.3) is 0 Å². The first-order valence-electron chi connectivity index (χ1n) is 8.07. The Hall–Kier alpha value is -2.89. The van der Waals surface area contributed by atoms with Crippen molar-refractivity contribution in [2.24, 2.45) is 0 Å². The lowest BCUT2D eigenvalue weighted by atomic mass is 10.1. The molecule has 1 N–H and O–H groups in total. The van der Waals surface area contributed by atoms with Gasteiger partial charge in [-0.3, -0.25) is 19.3 Å². The van der Waals surface area contributed by atoms with Gasteiger partial charge in [-0.05, 0) is 36.6 Å². The molecule has 24 heavy (non-hydrogen) atoms. The van der Waals surface area contributed by atoms with Gasteiger partial charge in [-0.15, -0.1) is 0 Å². The maximum atomic E-state index is 12.3. The second kappa shape index (κ2) is 5.63. The van der Waals surface area contributed by atoms with Crippen molar-refractivity contribution in [3.63, 3.8) is 0 Å². The van der Waals surface area contributed by atoms with E-state index in [1.54, 1.807) is 30.5 Å². The Morgan fingerprint density at radius 2 is 1.67 bits per heavy atom. The predicted molar refractivity (Wildman–Crippen MR) is 89.4 cm³/mol. The summed E-state index contributed by atoms with van der Waals surface area (Å²) in [5.41, 5.74) is 2.65. The molecule has 6 heteroatoms. The van der Waals surface area contributed by atoms with E-state index in [9.17, 15) is 14.4 Å². The van der Waals surface area contributed by atoms with Crippen LogP contribution in [0.4, 0.5) is 5.69 Å². The first-order chi connectivity index (χ1) is 11.7. The van der Waals surface area contributed by atoms with Crippen LogP contribution in [0.3, 0.4) is 0 Å². The van der Waals surface area contributed by atoms with Crippen molar-refractivity contribution < 1.29 is 9.59 Å². The minimum absolute atomic E-state index is 0.0780. The summed E-state index contributed by atoms with van der Waals surface area (Å²) in [6.07, 6.45) is 3.16. The molecule has 0 fully saturated rings. The summed E-state index contributed by atoms with van der Waals surface area (Å²) in [6.45, 7) is 1.81. The van der Waals surface area contributed by atoms with Crippen LogP contribution in [0.5, 0.6) is 0 Å². The molecule has 2 aliphatic rings. The molecule has 2 amide bonds. The minimum Gasteiger partial charge on any atom is -0.366 e. The number of rotatable bonds is 4. The van der Waals surface area contributed by atoms with Crippen LogP contribution in [0.2, 0.25) is 0 Å². The molecule has 0 saturated heterocycles. The summed E-state index contributed by atoms with van der Waals surface area (Å²) in [6, 6.07) is 8.83. The fourth-order valence-electron chi connectivity index (χ4n) is 3.51. The molecule has 0 radical (unpaired) electrons. The number of anilines is 1. The summed E-state index contributed by atoms with van der Waals surface area (Å²) in [7, 11) is 0. The first kappa shape index (κ1) is 14.7. The van der Waals surface area contributed by atoms with Crippen molar-refractivity contribution in [3.8, 4) is 0 Å². The van der Waals surface area contributed by atoms with Crippen molar-refractivity contribution in [3.05, 3.63) is 63.6 Å². The molecule has 2 aliphatic heterocycles. The number of benzene rings is 1. The van der Waals surface area contributed by atoms with E-state index in [2.05, 4.69) is 4.98 Å². The van der Waals surface area contributed by atoms with E-state index < -0.39 is 0 Å². The summed E-state index contributed by atoms with van der Waals surface area (Å²) in [5, 5.41) is 0. The summed E-state index contributed by atoms with van der Waals surface area (Å²) in [5.74, 6) is -0.453. The summed E-state index contributed by atoms with van der Waals surface area (Å²) in [4.78, 5) is 42.7. The number of imide groups is 1. The smallest absolute Gasteiger partial charge is 0.271 e.